The first-order chi connectivity index (χ1) is 23.6. The van der Waals surface area contributed by atoms with E-state index in [0.29, 0.717) is 41.2 Å². The van der Waals surface area contributed by atoms with Crippen molar-refractivity contribution in [1.82, 2.24) is 20.4 Å². The summed E-state index contributed by atoms with van der Waals surface area (Å²) < 4.78 is 44.9. The predicted molar refractivity (Wildman–Crippen MR) is 228 cm³/mol. The topological polar surface area (TPSA) is 98.8 Å². The molecule has 5 aliphatic heterocycles. The third-order valence-corrected chi connectivity index (χ3v) is 17.7. The lowest BCUT2D eigenvalue weighted by Crippen LogP contribution is -2.46. The summed E-state index contributed by atoms with van der Waals surface area (Å²) in [4.78, 5) is 4.85. The lowest BCUT2D eigenvalue weighted by molar-refractivity contribution is 0.196. The standard InChI is InChI=1S/C9H17N.C8H17NOS.C8H16O2S.C8H16OS.C7H16N2/c1-6(2)9-7-3-4-8(5-7)10-9;1-8(2)9-4-6-11(3,10)7-5-9;1-7(2)8-3-5-11(9,10)6-4-8;1-7(2)8-4-5-10(3,9)6-8;1-7(2)9-5-3-8-4-6-9/h6-10H,3-5H2,1-2H3;8H,3-7H2,1-2H3;7-8H,3-6H2,1-2H3;7-8H,3-6H2,1-2H3;7-8H,3-6H2,1-2H3/t7-,8+,9?;;;;/m0..../s1. The molecule has 5 saturated heterocycles. The molecule has 11 heteroatoms. The molecule has 5 heterocycles. The van der Waals surface area contributed by atoms with E-state index in [1.165, 1.54) is 32.4 Å². The Morgan fingerprint density at radius 3 is 1.37 bits per heavy atom. The summed E-state index contributed by atoms with van der Waals surface area (Å²) in [6.07, 6.45) is 7.26. The maximum atomic E-state index is 11.4. The average Bonchev–Trinajstić information content (AvgIpc) is 3.79. The molecular weight excluding hydrogens is 697 g/mol. The molecule has 0 spiro atoms. The Bertz CT molecular complexity index is 1230. The van der Waals surface area contributed by atoms with Gasteiger partial charge in [0.2, 0.25) is 0 Å². The van der Waals surface area contributed by atoms with Gasteiger partial charge in [-0.2, -0.15) is 0 Å². The van der Waals surface area contributed by atoms with Crippen LogP contribution in [0.15, 0.2) is 0 Å². The molecule has 51 heavy (non-hydrogen) atoms. The molecule has 0 aromatic carbocycles. The van der Waals surface area contributed by atoms with Crippen molar-refractivity contribution in [3.05, 3.63) is 0 Å². The molecule has 0 aromatic heterocycles. The first-order valence-electron chi connectivity index (χ1n) is 20.4. The highest BCUT2D eigenvalue weighted by molar-refractivity contribution is 8.00. The van der Waals surface area contributed by atoms with Crippen LogP contribution in [-0.4, -0.2) is 136 Å². The predicted octanol–water partition coefficient (Wildman–Crippen LogP) is 5.36. The quantitative estimate of drug-likeness (QED) is 0.361. The van der Waals surface area contributed by atoms with Crippen LogP contribution in [0, 0.1) is 35.5 Å². The number of rotatable bonds is 5. The highest BCUT2D eigenvalue weighted by Gasteiger charge is 2.40. The number of fused-ring (bicyclic) bond motifs is 2. The number of nitrogens with zero attached hydrogens (tertiary/aromatic N) is 2. The van der Waals surface area contributed by atoms with Crippen molar-refractivity contribution in [3.8, 4) is 0 Å². The SMILES string of the molecule is C=S1(=O)CCC(C(C)C)C1.C=S1(=O)CCN(C(C)C)CC1.CC(C)C1CCS(=O)(=O)CC1.CC(C)C1N[C@@H]2CC[C@H]1C2.CC(C)N1CCNCC1. The Morgan fingerprint density at radius 1 is 0.569 bits per heavy atom. The molecule has 1 aliphatic carbocycles. The molecule has 2 bridgehead atoms. The molecule has 3 unspecified atom stereocenters. The van der Waals surface area contributed by atoms with Gasteiger partial charge in [0.05, 0.1) is 11.5 Å². The third-order valence-electron chi connectivity index (χ3n) is 12.1. The normalized spacial score (nSPS) is 32.1. The zero-order valence-corrected chi connectivity index (χ0v) is 37.1. The van der Waals surface area contributed by atoms with Crippen LogP contribution in [0.2, 0.25) is 0 Å². The molecule has 0 amide bonds. The lowest BCUT2D eigenvalue weighted by Gasteiger charge is -2.31. The van der Waals surface area contributed by atoms with Crippen molar-refractivity contribution in [1.29, 1.82) is 0 Å². The molecule has 6 rings (SSSR count). The second kappa shape index (κ2) is 21.8. The van der Waals surface area contributed by atoms with Crippen LogP contribution in [0.25, 0.3) is 0 Å². The molecule has 0 aromatic rings. The van der Waals surface area contributed by atoms with Crippen LogP contribution in [0.1, 0.15) is 108 Å². The van der Waals surface area contributed by atoms with E-state index in [-0.39, 0.29) is 0 Å². The van der Waals surface area contributed by atoms with Crippen molar-refractivity contribution in [3.63, 3.8) is 0 Å². The van der Waals surface area contributed by atoms with Gasteiger partial charge in [-0.1, -0.05) is 41.5 Å². The molecule has 8 nitrogen and oxygen atoms in total. The van der Waals surface area contributed by atoms with Crippen LogP contribution >= 0.6 is 0 Å². The van der Waals surface area contributed by atoms with Crippen LogP contribution in [-0.2, 0) is 28.9 Å². The summed E-state index contributed by atoms with van der Waals surface area (Å²) in [6, 6.07) is 3.05. The fourth-order valence-corrected chi connectivity index (χ4v) is 13.3. The summed E-state index contributed by atoms with van der Waals surface area (Å²) in [7, 11) is -5.98. The van der Waals surface area contributed by atoms with Crippen molar-refractivity contribution >= 4 is 40.6 Å². The van der Waals surface area contributed by atoms with E-state index in [1.54, 1.807) is 0 Å². The van der Waals surface area contributed by atoms with Crippen molar-refractivity contribution in [2.45, 2.75) is 132 Å². The van der Waals surface area contributed by atoms with Crippen LogP contribution in [0.5, 0.6) is 0 Å². The first kappa shape index (κ1) is 47.0. The van der Waals surface area contributed by atoms with E-state index in [0.717, 1.165) is 98.4 Å². The maximum absolute atomic E-state index is 11.4. The minimum atomic E-state index is -2.65. The largest absolute Gasteiger partial charge is 0.314 e. The zero-order valence-electron chi connectivity index (χ0n) is 34.7. The Kier molecular flexibility index (Phi) is 20.1. The lowest BCUT2D eigenvalue weighted by atomic mass is 9.91. The molecule has 6 fully saturated rings. The van der Waals surface area contributed by atoms with Gasteiger partial charge >= 0.3 is 0 Å². The monoisotopic (exact) mass is 779 g/mol. The Balaban J connectivity index is 0.000000221. The summed E-state index contributed by atoms with van der Waals surface area (Å²) in [6.45, 7) is 29.0. The molecule has 0 radical (unpaired) electrons. The van der Waals surface area contributed by atoms with Gasteiger partial charge in [0, 0.05) is 86.4 Å². The molecular formula is C40H82N4O4S3. The van der Waals surface area contributed by atoms with E-state index in [4.69, 9.17) is 0 Å². The van der Waals surface area contributed by atoms with Crippen molar-refractivity contribution < 1.29 is 16.8 Å². The van der Waals surface area contributed by atoms with Gasteiger partial charge in [0.25, 0.3) is 0 Å². The fourth-order valence-electron chi connectivity index (χ4n) is 8.16. The highest BCUT2D eigenvalue weighted by atomic mass is 32.2. The molecule has 1 saturated carbocycles. The van der Waals surface area contributed by atoms with Crippen LogP contribution < -0.4 is 10.6 Å². The van der Waals surface area contributed by atoms with Gasteiger partial charge in [-0.05, 0) is 133 Å². The minimum absolute atomic E-state index is 0.413. The summed E-state index contributed by atoms with van der Waals surface area (Å²) >= 11 is 0. The van der Waals surface area contributed by atoms with Crippen molar-refractivity contribution in [2.24, 2.45) is 35.5 Å². The van der Waals surface area contributed by atoms with E-state index in [1.807, 2.05) is 0 Å². The van der Waals surface area contributed by atoms with Gasteiger partial charge in [-0.3, -0.25) is 18.2 Å². The smallest absolute Gasteiger partial charge is 0.150 e. The second-order valence-electron chi connectivity index (χ2n) is 18.0. The summed E-state index contributed by atoms with van der Waals surface area (Å²) in [5, 5.41) is 7.02. The van der Waals surface area contributed by atoms with E-state index < -0.39 is 28.9 Å². The van der Waals surface area contributed by atoms with Crippen molar-refractivity contribution in [2.75, 3.05) is 73.8 Å². The van der Waals surface area contributed by atoms with Crippen LogP contribution in [0.4, 0.5) is 0 Å². The van der Waals surface area contributed by atoms with Crippen LogP contribution in [0.3, 0.4) is 0 Å². The number of hydrogen-bond donors (Lipinski definition) is 2. The summed E-state index contributed by atoms with van der Waals surface area (Å²) in [5.74, 6) is 16.1. The van der Waals surface area contributed by atoms with E-state index in [9.17, 15) is 16.8 Å². The van der Waals surface area contributed by atoms with Gasteiger partial charge in [-0.25, -0.2) is 8.42 Å². The highest BCUT2D eigenvalue weighted by Crippen LogP contribution is 2.37. The second-order valence-corrected chi connectivity index (χ2v) is 25.7. The average molecular weight is 779 g/mol. The number of sulfone groups is 1. The fraction of sp³-hybridized carbons (Fsp3) is 0.950. The molecule has 2 N–H and O–H groups in total. The van der Waals surface area contributed by atoms with Gasteiger partial charge < -0.3 is 10.6 Å². The number of piperazine rings is 1. The Morgan fingerprint density at radius 2 is 1.06 bits per heavy atom. The van der Waals surface area contributed by atoms with Gasteiger partial charge in [-0.15, -0.1) is 0 Å². The van der Waals surface area contributed by atoms with Gasteiger partial charge in [0.1, 0.15) is 9.84 Å². The molecule has 304 valence electrons. The molecule has 5 atom stereocenters. The summed E-state index contributed by atoms with van der Waals surface area (Å²) in [5.41, 5.74) is 0. The minimum Gasteiger partial charge on any atom is -0.314 e. The number of hydrogen-bond acceptors (Lipinski definition) is 8. The van der Waals surface area contributed by atoms with Gasteiger partial charge in [0.15, 0.2) is 0 Å². The Hall–Kier alpha value is -0.170. The van der Waals surface area contributed by atoms with E-state index >= 15 is 0 Å². The zero-order chi connectivity index (χ0) is 38.6. The molecule has 6 aliphatic rings. The number of piperidine rings is 1. The van der Waals surface area contributed by atoms with E-state index in [2.05, 4.69) is 101 Å². The Labute approximate surface area is 317 Å². The third kappa shape index (κ3) is 17.9. The maximum Gasteiger partial charge on any atom is 0.150 e. The first-order valence-corrected chi connectivity index (χ1v) is 26.4. The number of nitrogens with one attached hydrogen (secondary N) is 2.